The number of quaternary nitrogens is 1. The number of nitrogens with zero attached hydrogens (tertiary/aromatic N) is 1. The molecule has 0 rings (SSSR count). The zero-order valence-electron chi connectivity index (χ0n) is 12.3. The van der Waals surface area contributed by atoms with Gasteiger partial charge in [0.1, 0.15) is 0 Å². The number of rotatable bonds is 12. The van der Waals surface area contributed by atoms with Crippen LogP contribution in [0.3, 0.4) is 0 Å². The summed E-state index contributed by atoms with van der Waals surface area (Å²) >= 11 is 0. The first-order valence-corrected chi connectivity index (χ1v) is 6.97. The Labute approximate surface area is 124 Å². The van der Waals surface area contributed by atoms with E-state index in [1.807, 2.05) is 12.2 Å². The van der Waals surface area contributed by atoms with E-state index in [0.29, 0.717) is 6.42 Å². The van der Waals surface area contributed by atoms with Crippen molar-refractivity contribution in [2.45, 2.75) is 32.6 Å². The summed E-state index contributed by atoms with van der Waals surface area (Å²) in [6, 6.07) is 0. The van der Waals surface area contributed by atoms with E-state index in [1.54, 1.807) is 0 Å². The minimum atomic E-state index is -1.20. The fraction of sp³-hybridized carbons (Fsp3) is 0.643. The van der Waals surface area contributed by atoms with Crippen LogP contribution in [0.25, 0.3) is 0 Å². The zero-order chi connectivity index (χ0) is 16.3. The number of carboxylic acid groups (broad SMARTS) is 3. The quantitative estimate of drug-likeness (QED) is 0.284. The van der Waals surface area contributed by atoms with Crippen molar-refractivity contribution in [1.29, 1.82) is 0 Å². The van der Waals surface area contributed by atoms with Crippen LogP contribution in [-0.4, -0.2) is 63.9 Å². The Kier molecular flexibility index (Phi) is 9.03. The second kappa shape index (κ2) is 9.93. The highest BCUT2D eigenvalue weighted by molar-refractivity contribution is 5.73. The SMILES string of the molecule is CCCC/C=C/CC[N+](CC(=O)O)(CC(=O)O)CC(=O)O. The molecule has 0 fully saturated rings. The number of hydrogen-bond donors (Lipinski definition) is 3. The van der Waals surface area contributed by atoms with Crippen LogP contribution in [0.4, 0.5) is 0 Å². The molecule has 0 saturated heterocycles. The molecule has 0 aromatic rings. The van der Waals surface area contributed by atoms with Gasteiger partial charge in [0.15, 0.2) is 19.6 Å². The van der Waals surface area contributed by atoms with Gasteiger partial charge in [0.05, 0.1) is 6.54 Å². The summed E-state index contributed by atoms with van der Waals surface area (Å²) in [5.74, 6) is -3.60. The van der Waals surface area contributed by atoms with Gasteiger partial charge in [0, 0.05) is 6.42 Å². The van der Waals surface area contributed by atoms with Crippen LogP contribution in [-0.2, 0) is 14.4 Å². The lowest BCUT2D eigenvalue weighted by molar-refractivity contribution is -0.907. The molecule has 7 heteroatoms. The van der Waals surface area contributed by atoms with Crippen molar-refractivity contribution in [2.24, 2.45) is 0 Å². The van der Waals surface area contributed by atoms with Crippen LogP contribution >= 0.6 is 0 Å². The lowest BCUT2D eigenvalue weighted by Crippen LogP contribution is -2.57. The maximum absolute atomic E-state index is 10.9. The standard InChI is InChI=1S/C14H23NO6/c1-2-3-4-5-6-7-8-15(9-12(16)17,10-13(18)19)11-14(20)21/h5-6H,2-4,7-11H2,1H3,(H2-,16,17,18,19,20,21)/p+1/b6-5+. The molecule has 7 nitrogen and oxygen atoms in total. The average Bonchev–Trinajstić information content (AvgIpc) is 2.30. The van der Waals surface area contributed by atoms with Crippen LogP contribution in [0.15, 0.2) is 12.2 Å². The fourth-order valence-electron chi connectivity index (χ4n) is 2.17. The molecule has 0 spiro atoms. The summed E-state index contributed by atoms with van der Waals surface area (Å²) in [7, 11) is 0. The summed E-state index contributed by atoms with van der Waals surface area (Å²) in [5.41, 5.74) is 0. The Morgan fingerprint density at radius 2 is 1.29 bits per heavy atom. The second-order valence-electron chi connectivity index (χ2n) is 5.12. The van der Waals surface area contributed by atoms with Gasteiger partial charge in [-0.2, -0.15) is 0 Å². The van der Waals surface area contributed by atoms with Gasteiger partial charge in [-0.15, -0.1) is 0 Å². The fourth-order valence-corrected chi connectivity index (χ4v) is 2.17. The lowest BCUT2D eigenvalue weighted by atomic mass is 10.2. The minimum Gasteiger partial charge on any atom is -0.477 e. The van der Waals surface area contributed by atoms with E-state index in [-0.39, 0.29) is 6.54 Å². The van der Waals surface area contributed by atoms with Crippen molar-refractivity contribution in [3.8, 4) is 0 Å². The highest BCUT2D eigenvalue weighted by Crippen LogP contribution is 2.10. The Hall–Kier alpha value is -1.89. The van der Waals surface area contributed by atoms with E-state index in [1.165, 1.54) is 0 Å². The molecule has 0 aromatic carbocycles. The first kappa shape index (κ1) is 19.1. The van der Waals surface area contributed by atoms with Crippen LogP contribution in [0.2, 0.25) is 0 Å². The Bertz CT molecular complexity index is 350. The van der Waals surface area contributed by atoms with Crippen LogP contribution in [0, 0.1) is 0 Å². The monoisotopic (exact) mass is 302 g/mol. The van der Waals surface area contributed by atoms with Gasteiger partial charge in [-0.1, -0.05) is 31.9 Å². The molecular formula is C14H24NO6+. The van der Waals surface area contributed by atoms with Gasteiger partial charge >= 0.3 is 17.9 Å². The molecule has 21 heavy (non-hydrogen) atoms. The number of hydrogen-bond acceptors (Lipinski definition) is 3. The van der Waals surface area contributed by atoms with Crippen molar-refractivity contribution in [3.63, 3.8) is 0 Å². The molecule has 0 amide bonds. The van der Waals surface area contributed by atoms with Gasteiger partial charge < -0.3 is 15.3 Å². The van der Waals surface area contributed by atoms with E-state index in [0.717, 1.165) is 19.3 Å². The first-order valence-electron chi connectivity index (χ1n) is 6.97. The molecule has 0 bridgehead atoms. The minimum absolute atomic E-state index is 0.174. The molecule has 0 atom stereocenters. The van der Waals surface area contributed by atoms with Gasteiger partial charge in [-0.3, -0.25) is 4.48 Å². The third-order valence-corrected chi connectivity index (χ3v) is 3.07. The van der Waals surface area contributed by atoms with Gasteiger partial charge in [-0.05, 0) is 6.42 Å². The van der Waals surface area contributed by atoms with Crippen molar-refractivity contribution >= 4 is 17.9 Å². The van der Waals surface area contributed by atoms with E-state index in [9.17, 15) is 14.4 Å². The number of allylic oxidation sites excluding steroid dienone is 1. The second-order valence-corrected chi connectivity index (χ2v) is 5.12. The Morgan fingerprint density at radius 1 is 0.857 bits per heavy atom. The smallest absolute Gasteiger partial charge is 0.359 e. The summed E-state index contributed by atoms with van der Waals surface area (Å²) in [4.78, 5) is 32.8. The largest absolute Gasteiger partial charge is 0.477 e. The van der Waals surface area contributed by atoms with E-state index >= 15 is 0 Å². The van der Waals surface area contributed by atoms with Crippen LogP contribution in [0.5, 0.6) is 0 Å². The first-order chi connectivity index (χ1) is 9.81. The maximum Gasteiger partial charge on any atom is 0.359 e. The van der Waals surface area contributed by atoms with E-state index in [4.69, 9.17) is 15.3 Å². The Balaban J connectivity index is 4.80. The van der Waals surface area contributed by atoms with Crippen molar-refractivity contribution in [1.82, 2.24) is 0 Å². The van der Waals surface area contributed by atoms with E-state index < -0.39 is 42.0 Å². The number of carboxylic acids is 3. The number of unbranched alkanes of at least 4 members (excludes halogenated alkanes) is 2. The summed E-state index contributed by atoms with van der Waals surface area (Å²) in [6.07, 6.45) is 7.30. The van der Waals surface area contributed by atoms with Crippen molar-refractivity contribution in [3.05, 3.63) is 12.2 Å². The van der Waals surface area contributed by atoms with Crippen LogP contribution < -0.4 is 0 Å². The highest BCUT2D eigenvalue weighted by Gasteiger charge is 2.35. The van der Waals surface area contributed by atoms with Crippen molar-refractivity contribution in [2.75, 3.05) is 26.2 Å². The van der Waals surface area contributed by atoms with Gasteiger partial charge in [0.2, 0.25) is 0 Å². The highest BCUT2D eigenvalue weighted by atomic mass is 16.4. The number of carbonyl (C=O) groups is 3. The summed E-state index contributed by atoms with van der Waals surface area (Å²) in [6.45, 7) is 0.708. The predicted molar refractivity (Wildman–Crippen MR) is 75.9 cm³/mol. The predicted octanol–water partition coefficient (Wildman–Crippen LogP) is 1.19. The molecule has 0 aromatic heterocycles. The lowest BCUT2D eigenvalue weighted by Gasteiger charge is -2.33. The third-order valence-electron chi connectivity index (χ3n) is 3.07. The zero-order valence-corrected chi connectivity index (χ0v) is 12.3. The molecule has 120 valence electrons. The molecule has 0 heterocycles. The molecule has 0 aliphatic heterocycles. The molecular weight excluding hydrogens is 278 g/mol. The van der Waals surface area contributed by atoms with Crippen LogP contribution in [0.1, 0.15) is 32.6 Å². The average molecular weight is 302 g/mol. The van der Waals surface area contributed by atoms with Gasteiger partial charge in [-0.25, -0.2) is 14.4 Å². The summed E-state index contributed by atoms with van der Waals surface area (Å²) < 4.78 is -0.488. The Morgan fingerprint density at radius 3 is 1.67 bits per heavy atom. The molecule has 0 aliphatic rings. The summed E-state index contributed by atoms with van der Waals surface area (Å²) in [5, 5.41) is 26.8. The third kappa shape index (κ3) is 9.61. The molecule has 0 radical (unpaired) electrons. The molecule has 3 N–H and O–H groups in total. The molecule has 0 saturated carbocycles. The molecule has 0 unspecified atom stereocenters. The molecule has 0 aliphatic carbocycles. The number of aliphatic carboxylic acids is 3. The van der Waals surface area contributed by atoms with Crippen molar-refractivity contribution < 1.29 is 34.2 Å². The van der Waals surface area contributed by atoms with Gasteiger partial charge in [0.25, 0.3) is 0 Å². The normalized spacial score (nSPS) is 11.7. The maximum atomic E-state index is 10.9. The van der Waals surface area contributed by atoms with E-state index in [2.05, 4.69) is 6.92 Å². The topological polar surface area (TPSA) is 112 Å².